The van der Waals surface area contributed by atoms with Crippen LogP contribution >= 0.6 is 0 Å². The fourth-order valence-corrected chi connectivity index (χ4v) is 5.12. The summed E-state index contributed by atoms with van der Waals surface area (Å²) in [6.07, 6.45) is 4.37. The maximum absolute atomic E-state index is 12.0. The van der Waals surface area contributed by atoms with Crippen LogP contribution in [0.4, 0.5) is 0 Å². The molecular weight excluding hydrogens is 440 g/mol. The van der Waals surface area contributed by atoms with Gasteiger partial charge in [-0.05, 0) is 66.0 Å². The fraction of sp³-hybridized carbons (Fsp3) is 0.333. The van der Waals surface area contributed by atoms with Gasteiger partial charge in [0.1, 0.15) is 18.1 Å². The zero-order valence-corrected chi connectivity index (χ0v) is 20.2. The largest absolute Gasteiger partial charge is 0.492 e. The summed E-state index contributed by atoms with van der Waals surface area (Å²) in [4.78, 5) is 23.7. The van der Waals surface area contributed by atoms with Gasteiger partial charge in [0.2, 0.25) is 0 Å². The molecule has 2 atom stereocenters. The molecule has 5 heteroatoms. The van der Waals surface area contributed by atoms with Crippen LogP contribution in [0.5, 0.6) is 11.5 Å². The minimum absolute atomic E-state index is 0.107. The monoisotopic (exact) mass is 470 g/mol. The van der Waals surface area contributed by atoms with E-state index in [1.807, 2.05) is 24.3 Å². The molecular formula is C30H30O5. The van der Waals surface area contributed by atoms with Crippen molar-refractivity contribution in [3.63, 3.8) is 0 Å². The molecule has 2 aliphatic rings. The van der Waals surface area contributed by atoms with E-state index in [9.17, 15) is 9.59 Å². The Kier molecular flexibility index (Phi) is 6.58. The summed E-state index contributed by atoms with van der Waals surface area (Å²) in [5, 5.41) is 0. The number of benzene rings is 3. The van der Waals surface area contributed by atoms with E-state index in [0.29, 0.717) is 24.5 Å². The van der Waals surface area contributed by atoms with Gasteiger partial charge in [-0.1, -0.05) is 48.5 Å². The van der Waals surface area contributed by atoms with Crippen molar-refractivity contribution < 1.29 is 23.8 Å². The molecule has 180 valence electrons. The molecule has 0 heterocycles. The summed E-state index contributed by atoms with van der Waals surface area (Å²) < 4.78 is 17.3. The van der Waals surface area contributed by atoms with E-state index in [1.54, 1.807) is 0 Å². The van der Waals surface area contributed by atoms with E-state index in [1.165, 1.54) is 23.8 Å². The Labute approximate surface area is 206 Å². The van der Waals surface area contributed by atoms with Crippen LogP contribution in [0.1, 0.15) is 45.5 Å². The number of fused-ring (bicyclic) bond motifs is 1. The first-order chi connectivity index (χ1) is 17.1. The van der Waals surface area contributed by atoms with Gasteiger partial charge in [0, 0.05) is 12.0 Å². The van der Waals surface area contributed by atoms with Gasteiger partial charge in [-0.15, -0.1) is 0 Å². The first kappa shape index (κ1) is 23.2. The van der Waals surface area contributed by atoms with Crippen LogP contribution < -0.4 is 9.47 Å². The quantitative estimate of drug-likeness (QED) is 0.295. The molecule has 0 amide bonds. The van der Waals surface area contributed by atoms with Gasteiger partial charge in [-0.25, -0.2) is 0 Å². The molecule has 0 saturated heterocycles. The molecule has 0 spiro atoms. The van der Waals surface area contributed by atoms with E-state index >= 15 is 0 Å². The molecule has 3 aromatic carbocycles. The lowest BCUT2D eigenvalue weighted by Crippen LogP contribution is -2.10. The number of ether oxygens (including phenoxy) is 3. The second kappa shape index (κ2) is 9.95. The van der Waals surface area contributed by atoms with Crippen LogP contribution in [-0.4, -0.2) is 26.0 Å². The lowest BCUT2D eigenvalue weighted by Gasteiger charge is -2.18. The van der Waals surface area contributed by atoms with Crippen LogP contribution in [0, 0.1) is 18.8 Å². The molecule has 1 saturated carbocycles. The van der Waals surface area contributed by atoms with Crippen LogP contribution in [0.25, 0.3) is 11.1 Å². The maximum atomic E-state index is 12.0. The van der Waals surface area contributed by atoms with E-state index in [2.05, 4.69) is 37.3 Å². The Morgan fingerprint density at radius 2 is 1.80 bits per heavy atom. The summed E-state index contributed by atoms with van der Waals surface area (Å²) in [7, 11) is 1.41. The summed E-state index contributed by atoms with van der Waals surface area (Å²) >= 11 is 0. The number of aldehydes is 1. The minimum Gasteiger partial charge on any atom is -0.492 e. The molecule has 35 heavy (non-hydrogen) atoms. The number of esters is 1. The number of hydrogen-bond acceptors (Lipinski definition) is 5. The Morgan fingerprint density at radius 3 is 2.57 bits per heavy atom. The molecule has 0 radical (unpaired) electrons. The van der Waals surface area contributed by atoms with E-state index < -0.39 is 0 Å². The first-order valence-corrected chi connectivity index (χ1v) is 12.2. The third-order valence-electron chi connectivity index (χ3n) is 7.28. The van der Waals surface area contributed by atoms with Crippen molar-refractivity contribution in [1.29, 1.82) is 0 Å². The van der Waals surface area contributed by atoms with E-state index in [4.69, 9.17) is 14.2 Å². The van der Waals surface area contributed by atoms with Crippen LogP contribution in [-0.2, 0) is 29.0 Å². The summed E-state index contributed by atoms with van der Waals surface area (Å²) in [5.41, 5.74) is 7.45. The third-order valence-corrected chi connectivity index (χ3v) is 7.28. The number of hydrogen-bond donors (Lipinski definition) is 0. The number of carbonyl (C=O) groups is 2. The van der Waals surface area contributed by atoms with Gasteiger partial charge in [0.05, 0.1) is 25.2 Å². The highest BCUT2D eigenvalue weighted by Crippen LogP contribution is 2.42. The predicted octanol–water partition coefficient (Wildman–Crippen LogP) is 5.73. The highest BCUT2D eigenvalue weighted by molar-refractivity contribution is 5.84. The first-order valence-electron chi connectivity index (χ1n) is 12.2. The van der Waals surface area contributed by atoms with Crippen molar-refractivity contribution in [1.82, 2.24) is 0 Å². The molecule has 5 nitrogen and oxygen atoms in total. The molecule has 3 aromatic rings. The lowest BCUT2D eigenvalue weighted by atomic mass is 9.97. The lowest BCUT2D eigenvalue weighted by molar-refractivity contribution is -0.142. The highest BCUT2D eigenvalue weighted by Gasteiger charge is 2.44. The topological polar surface area (TPSA) is 61.8 Å². The van der Waals surface area contributed by atoms with Crippen molar-refractivity contribution in [2.45, 2.75) is 39.2 Å². The Bertz CT molecular complexity index is 1250. The second-order valence-corrected chi connectivity index (χ2v) is 9.40. The van der Waals surface area contributed by atoms with Crippen molar-refractivity contribution in [2.75, 3.05) is 13.7 Å². The average Bonchev–Trinajstić information content (AvgIpc) is 3.51. The molecule has 5 rings (SSSR count). The predicted molar refractivity (Wildman–Crippen MR) is 134 cm³/mol. The Hall–Kier alpha value is -3.60. The molecule has 0 aromatic heterocycles. The van der Waals surface area contributed by atoms with Gasteiger partial charge in [0.25, 0.3) is 0 Å². The minimum atomic E-state index is -0.194. The smallest absolute Gasteiger partial charge is 0.309 e. The number of methoxy groups -OCH3 is 1. The molecule has 0 N–H and O–H groups in total. The van der Waals surface area contributed by atoms with Gasteiger partial charge < -0.3 is 14.2 Å². The van der Waals surface area contributed by atoms with Gasteiger partial charge in [0.15, 0.2) is 6.29 Å². The van der Waals surface area contributed by atoms with Crippen molar-refractivity contribution in [3.8, 4) is 22.6 Å². The van der Waals surface area contributed by atoms with Crippen molar-refractivity contribution in [2.24, 2.45) is 11.8 Å². The van der Waals surface area contributed by atoms with Crippen molar-refractivity contribution >= 4 is 12.3 Å². The zero-order chi connectivity index (χ0) is 24.4. The molecule has 0 aliphatic heterocycles. The van der Waals surface area contributed by atoms with Crippen LogP contribution in [0.3, 0.4) is 0 Å². The second-order valence-electron chi connectivity index (χ2n) is 9.40. The fourth-order valence-electron chi connectivity index (χ4n) is 5.12. The Morgan fingerprint density at radius 1 is 1.00 bits per heavy atom. The SMILES string of the molecule is COC(=O)[C@@H]1C[C@@H]1COc1cc(OCc2cccc(-c3ccccc3)c2C)c2c(c1C=O)CCC2. The molecule has 0 bridgehead atoms. The van der Waals surface area contributed by atoms with Crippen molar-refractivity contribution in [3.05, 3.63) is 82.4 Å². The van der Waals surface area contributed by atoms with Crippen LogP contribution in [0.15, 0.2) is 54.6 Å². The number of rotatable bonds is 9. The summed E-state index contributed by atoms with van der Waals surface area (Å²) in [6, 6.07) is 18.5. The standard InChI is InChI=1S/C30H30O5/c1-19-21(10-6-11-23(19)20-8-4-3-5-9-20)17-34-28-15-29(27(16-31)24-12-7-13-25(24)28)35-18-22-14-26(22)30(32)33-2/h3-6,8-11,15-16,22,26H,7,12-14,17-18H2,1-2H3/t22-,26-/m1/s1. The van der Waals surface area contributed by atoms with E-state index in [-0.39, 0.29) is 17.8 Å². The average molecular weight is 471 g/mol. The molecule has 2 aliphatic carbocycles. The maximum Gasteiger partial charge on any atom is 0.309 e. The molecule has 0 unspecified atom stereocenters. The normalized spacial score (nSPS) is 18.0. The summed E-state index contributed by atoms with van der Waals surface area (Å²) in [5.74, 6) is 1.15. The summed E-state index contributed by atoms with van der Waals surface area (Å²) in [6.45, 7) is 2.95. The third kappa shape index (κ3) is 4.68. The number of carbonyl (C=O) groups excluding carboxylic acids is 2. The molecule has 1 fully saturated rings. The van der Waals surface area contributed by atoms with Gasteiger partial charge >= 0.3 is 5.97 Å². The Balaban J connectivity index is 1.37. The zero-order valence-electron chi connectivity index (χ0n) is 20.2. The van der Waals surface area contributed by atoms with Gasteiger partial charge in [-0.3, -0.25) is 9.59 Å². The van der Waals surface area contributed by atoms with Gasteiger partial charge in [-0.2, -0.15) is 0 Å². The van der Waals surface area contributed by atoms with Crippen LogP contribution in [0.2, 0.25) is 0 Å². The highest BCUT2D eigenvalue weighted by atomic mass is 16.5. The van der Waals surface area contributed by atoms with E-state index in [0.717, 1.165) is 54.4 Å².